The monoisotopic (exact) mass is 269 g/mol. The molecule has 2 aromatic heterocycles. The first-order valence-corrected chi connectivity index (χ1v) is 6.50. The van der Waals surface area contributed by atoms with Crippen molar-refractivity contribution in [3.05, 3.63) is 60.2 Å². The Hall–Kier alpha value is -2.20. The third-order valence-electron chi connectivity index (χ3n) is 3.16. The molecule has 0 aliphatic rings. The molecule has 0 aliphatic carbocycles. The van der Waals surface area contributed by atoms with Crippen molar-refractivity contribution in [3.8, 4) is 11.3 Å². The second-order valence-corrected chi connectivity index (χ2v) is 5.17. The highest BCUT2D eigenvalue weighted by molar-refractivity contribution is 5.62. The van der Waals surface area contributed by atoms with Crippen LogP contribution < -0.4 is 0 Å². The highest BCUT2D eigenvalue weighted by Crippen LogP contribution is 2.20. The molecule has 102 valence electrons. The van der Waals surface area contributed by atoms with Crippen LogP contribution in [0.15, 0.2) is 48.8 Å². The van der Waals surface area contributed by atoms with Crippen LogP contribution in [-0.2, 0) is 6.54 Å². The number of pyridine rings is 1. The molecule has 0 aliphatic heterocycles. The Balaban J connectivity index is 1.99. The molecular formula is C16H16FN3. The Morgan fingerprint density at radius 1 is 1.15 bits per heavy atom. The third kappa shape index (κ3) is 2.56. The van der Waals surface area contributed by atoms with Gasteiger partial charge in [0.1, 0.15) is 11.5 Å². The lowest BCUT2D eigenvalue weighted by Crippen LogP contribution is -2.10. The van der Waals surface area contributed by atoms with Crippen molar-refractivity contribution in [3.63, 3.8) is 0 Å². The molecule has 0 N–H and O–H groups in total. The van der Waals surface area contributed by atoms with E-state index in [2.05, 4.69) is 22.0 Å². The molecule has 0 fully saturated rings. The van der Waals surface area contributed by atoms with Crippen LogP contribution in [0.4, 0.5) is 4.39 Å². The molecule has 0 bridgehead atoms. The van der Waals surface area contributed by atoms with E-state index < -0.39 is 0 Å². The van der Waals surface area contributed by atoms with Gasteiger partial charge in [-0.1, -0.05) is 0 Å². The fraction of sp³-hybridized carbons (Fsp3) is 0.188. The number of halogens is 1. The number of imidazole rings is 1. The molecule has 20 heavy (non-hydrogen) atoms. The van der Waals surface area contributed by atoms with Gasteiger partial charge in [0.15, 0.2) is 0 Å². The van der Waals surface area contributed by atoms with Crippen molar-refractivity contribution in [2.75, 3.05) is 14.1 Å². The molecule has 4 heteroatoms. The second kappa shape index (κ2) is 5.06. The topological polar surface area (TPSA) is 20.5 Å². The summed E-state index contributed by atoms with van der Waals surface area (Å²) in [7, 11) is 4.08. The average Bonchev–Trinajstić information content (AvgIpc) is 2.81. The maximum absolute atomic E-state index is 13.0. The minimum Gasteiger partial charge on any atom is -0.306 e. The Kier molecular flexibility index (Phi) is 3.24. The molecule has 3 nitrogen and oxygen atoms in total. The summed E-state index contributed by atoms with van der Waals surface area (Å²) in [5.74, 6) is -0.231. The fourth-order valence-electron chi connectivity index (χ4n) is 2.25. The summed E-state index contributed by atoms with van der Waals surface area (Å²) in [5.41, 5.74) is 3.90. The van der Waals surface area contributed by atoms with Crippen LogP contribution in [-0.4, -0.2) is 28.4 Å². The standard InChI is InChI=1S/C16H16FN3/c1-19(2)10-12-7-8-20-11-15(18-16(20)9-12)13-3-5-14(17)6-4-13/h3-9,11H,10H2,1-2H3. The molecule has 2 heterocycles. The van der Waals surface area contributed by atoms with Gasteiger partial charge >= 0.3 is 0 Å². The van der Waals surface area contributed by atoms with Crippen LogP contribution in [0.1, 0.15) is 5.56 Å². The Labute approximate surface area is 117 Å². The Morgan fingerprint density at radius 2 is 1.90 bits per heavy atom. The molecule has 3 rings (SSSR count). The van der Waals surface area contributed by atoms with E-state index in [1.165, 1.54) is 17.7 Å². The smallest absolute Gasteiger partial charge is 0.137 e. The van der Waals surface area contributed by atoms with Crippen LogP contribution in [0.2, 0.25) is 0 Å². The van der Waals surface area contributed by atoms with E-state index in [1.54, 1.807) is 12.1 Å². The van der Waals surface area contributed by atoms with E-state index in [1.807, 2.05) is 30.9 Å². The lowest BCUT2D eigenvalue weighted by atomic mass is 10.2. The quantitative estimate of drug-likeness (QED) is 0.728. The van der Waals surface area contributed by atoms with Crippen molar-refractivity contribution in [1.29, 1.82) is 0 Å². The maximum Gasteiger partial charge on any atom is 0.137 e. The van der Waals surface area contributed by atoms with Crippen LogP contribution in [0.3, 0.4) is 0 Å². The van der Waals surface area contributed by atoms with Gasteiger partial charge in [-0.25, -0.2) is 9.37 Å². The zero-order valence-corrected chi connectivity index (χ0v) is 11.5. The predicted molar refractivity (Wildman–Crippen MR) is 78.0 cm³/mol. The van der Waals surface area contributed by atoms with Gasteiger partial charge in [0.05, 0.1) is 5.69 Å². The van der Waals surface area contributed by atoms with E-state index in [4.69, 9.17) is 0 Å². The first-order chi connectivity index (χ1) is 9.61. The number of benzene rings is 1. The Morgan fingerprint density at radius 3 is 2.60 bits per heavy atom. The number of nitrogens with zero attached hydrogens (tertiary/aromatic N) is 3. The summed E-state index contributed by atoms with van der Waals surface area (Å²) in [5, 5.41) is 0. The number of hydrogen-bond acceptors (Lipinski definition) is 2. The van der Waals surface area contributed by atoms with Gasteiger partial charge in [-0.05, 0) is 56.1 Å². The maximum atomic E-state index is 13.0. The largest absolute Gasteiger partial charge is 0.306 e. The van der Waals surface area contributed by atoms with E-state index in [-0.39, 0.29) is 5.82 Å². The number of rotatable bonds is 3. The first-order valence-electron chi connectivity index (χ1n) is 6.50. The van der Waals surface area contributed by atoms with Gasteiger partial charge in [0.25, 0.3) is 0 Å². The zero-order chi connectivity index (χ0) is 14.1. The molecule has 0 spiro atoms. The molecular weight excluding hydrogens is 253 g/mol. The summed E-state index contributed by atoms with van der Waals surface area (Å²) in [4.78, 5) is 6.72. The van der Waals surface area contributed by atoms with Crippen molar-refractivity contribution < 1.29 is 4.39 Å². The van der Waals surface area contributed by atoms with Gasteiger partial charge in [0, 0.05) is 24.5 Å². The van der Waals surface area contributed by atoms with Crippen molar-refractivity contribution in [1.82, 2.24) is 14.3 Å². The number of aromatic nitrogens is 2. The SMILES string of the molecule is CN(C)Cc1ccn2cc(-c3ccc(F)cc3)nc2c1. The predicted octanol–water partition coefficient (Wildman–Crippen LogP) is 3.20. The Bertz CT molecular complexity index is 729. The molecule has 0 amide bonds. The van der Waals surface area contributed by atoms with Gasteiger partial charge in [-0.2, -0.15) is 0 Å². The van der Waals surface area contributed by atoms with Gasteiger partial charge in [-0.15, -0.1) is 0 Å². The minimum atomic E-state index is -0.231. The van der Waals surface area contributed by atoms with Crippen LogP contribution in [0.5, 0.6) is 0 Å². The summed E-state index contributed by atoms with van der Waals surface area (Å²) in [6, 6.07) is 10.6. The highest BCUT2D eigenvalue weighted by Gasteiger charge is 2.05. The van der Waals surface area contributed by atoms with E-state index >= 15 is 0 Å². The normalized spacial score (nSPS) is 11.4. The number of hydrogen-bond donors (Lipinski definition) is 0. The fourth-order valence-corrected chi connectivity index (χ4v) is 2.25. The lowest BCUT2D eigenvalue weighted by Gasteiger charge is -2.09. The summed E-state index contributed by atoms with van der Waals surface area (Å²) in [6.45, 7) is 0.884. The third-order valence-corrected chi connectivity index (χ3v) is 3.16. The minimum absolute atomic E-state index is 0.231. The van der Waals surface area contributed by atoms with Gasteiger partial charge in [-0.3, -0.25) is 0 Å². The van der Waals surface area contributed by atoms with Crippen LogP contribution in [0, 0.1) is 5.82 Å². The van der Waals surface area contributed by atoms with Crippen LogP contribution in [0.25, 0.3) is 16.9 Å². The molecule has 0 radical (unpaired) electrons. The summed E-state index contributed by atoms with van der Waals surface area (Å²) in [6.07, 6.45) is 3.97. The van der Waals surface area contributed by atoms with Gasteiger partial charge in [0.2, 0.25) is 0 Å². The van der Waals surface area contributed by atoms with Crippen molar-refractivity contribution in [2.24, 2.45) is 0 Å². The van der Waals surface area contributed by atoms with E-state index in [0.29, 0.717) is 0 Å². The highest BCUT2D eigenvalue weighted by atomic mass is 19.1. The molecule has 0 unspecified atom stereocenters. The van der Waals surface area contributed by atoms with Crippen molar-refractivity contribution >= 4 is 5.65 Å². The zero-order valence-electron chi connectivity index (χ0n) is 11.5. The lowest BCUT2D eigenvalue weighted by molar-refractivity contribution is 0.402. The summed E-state index contributed by atoms with van der Waals surface area (Å²) >= 11 is 0. The molecule has 0 saturated heterocycles. The first kappa shape index (κ1) is 12.8. The average molecular weight is 269 g/mol. The molecule has 3 aromatic rings. The van der Waals surface area contributed by atoms with E-state index in [9.17, 15) is 4.39 Å². The second-order valence-electron chi connectivity index (χ2n) is 5.17. The van der Waals surface area contributed by atoms with Crippen LogP contribution >= 0.6 is 0 Å². The number of fused-ring (bicyclic) bond motifs is 1. The molecule has 0 atom stereocenters. The van der Waals surface area contributed by atoms with Crippen molar-refractivity contribution in [2.45, 2.75) is 6.54 Å². The van der Waals surface area contributed by atoms with Gasteiger partial charge < -0.3 is 9.30 Å². The molecule has 0 saturated carbocycles. The molecule has 1 aromatic carbocycles. The summed E-state index contributed by atoms with van der Waals surface area (Å²) < 4.78 is 14.9. The van der Waals surface area contributed by atoms with E-state index in [0.717, 1.165) is 23.4 Å².